The fraction of sp³-hybridized carbons (Fsp3) is 1.00. The van der Waals surface area contributed by atoms with E-state index in [1.165, 1.54) is 25.9 Å². The number of piperidine rings is 1. The van der Waals surface area contributed by atoms with Crippen LogP contribution in [0.15, 0.2) is 0 Å². The van der Waals surface area contributed by atoms with Crippen molar-refractivity contribution in [3.63, 3.8) is 0 Å². The molecule has 1 fully saturated rings. The summed E-state index contributed by atoms with van der Waals surface area (Å²) >= 11 is 0. The molecule has 0 aromatic carbocycles. The second-order valence-corrected chi connectivity index (χ2v) is 5.11. The highest BCUT2D eigenvalue weighted by Gasteiger charge is 2.26. The Hall–Kier alpha value is -0.120. The van der Waals surface area contributed by atoms with Crippen LogP contribution < -0.4 is 5.32 Å². The number of hydrogen-bond acceptors (Lipinski definition) is 3. The van der Waals surface area contributed by atoms with E-state index in [0.717, 1.165) is 6.54 Å². The summed E-state index contributed by atoms with van der Waals surface area (Å²) in [7, 11) is 0. The van der Waals surface area contributed by atoms with Gasteiger partial charge in [0.2, 0.25) is 0 Å². The molecule has 0 aliphatic carbocycles. The van der Waals surface area contributed by atoms with Gasteiger partial charge in [-0.05, 0) is 33.6 Å². The minimum Gasteiger partial charge on any atom is -0.395 e. The van der Waals surface area contributed by atoms with Gasteiger partial charge in [0.25, 0.3) is 0 Å². The van der Waals surface area contributed by atoms with Crippen molar-refractivity contribution in [1.82, 2.24) is 10.2 Å². The van der Waals surface area contributed by atoms with Crippen molar-refractivity contribution in [2.24, 2.45) is 0 Å². The minimum atomic E-state index is 0.249. The van der Waals surface area contributed by atoms with E-state index < -0.39 is 0 Å². The first-order chi connectivity index (χ1) is 6.54. The summed E-state index contributed by atoms with van der Waals surface area (Å²) in [6, 6.07) is 0.612. The van der Waals surface area contributed by atoms with Gasteiger partial charge in [0.05, 0.1) is 6.61 Å². The SMILES string of the molecule is CC(C)(C)N1CCC(NCCO)CC1. The first-order valence-corrected chi connectivity index (χ1v) is 5.63. The molecule has 1 rings (SSSR count). The zero-order valence-electron chi connectivity index (χ0n) is 9.71. The van der Waals surface area contributed by atoms with Crippen LogP contribution in [-0.4, -0.2) is 47.8 Å². The topological polar surface area (TPSA) is 35.5 Å². The molecule has 1 saturated heterocycles. The highest BCUT2D eigenvalue weighted by molar-refractivity contribution is 4.84. The Labute approximate surface area is 87.5 Å². The van der Waals surface area contributed by atoms with Crippen LogP contribution in [0.5, 0.6) is 0 Å². The van der Waals surface area contributed by atoms with Gasteiger partial charge in [0, 0.05) is 31.2 Å². The molecule has 0 amide bonds. The maximum absolute atomic E-state index is 8.71. The van der Waals surface area contributed by atoms with Gasteiger partial charge < -0.3 is 10.4 Å². The van der Waals surface area contributed by atoms with Crippen LogP contribution in [-0.2, 0) is 0 Å². The molecular formula is C11H24N2O. The molecule has 0 aromatic heterocycles. The number of likely N-dealkylation sites (tertiary alicyclic amines) is 1. The summed E-state index contributed by atoms with van der Waals surface area (Å²) in [4.78, 5) is 2.53. The lowest BCUT2D eigenvalue weighted by Crippen LogP contribution is -2.50. The lowest BCUT2D eigenvalue weighted by molar-refractivity contribution is 0.0951. The maximum atomic E-state index is 8.71. The van der Waals surface area contributed by atoms with Crippen LogP contribution in [0.4, 0.5) is 0 Å². The Kier molecular flexibility index (Phi) is 4.35. The van der Waals surface area contributed by atoms with Crippen molar-refractivity contribution in [1.29, 1.82) is 0 Å². The molecule has 0 radical (unpaired) electrons. The van der Waals surface area contributed by atoms with Gasteiger partial charge >= 0.3 is 0 Å². The average Bonchev–Trinajstić information content (AvgIpc) is 2.14. The fourth-order valence-electron chi connectivity index (χ4n) is 2.02. The molecule has 0 unspecified atom stereocenters. The number of nitrogens with one attached hydrogen (secondary N) is 1. The van der Waals surface area contributed by atoms with Crippen molar-refractivity contribution in [3.05, 3.63) is 0 Å². The second-order valence-electron chi connectivity index (χ2n) is 5.11. The van der Waals surface area contributed by atoms with Crippen LogP contribution in [0, 0.1) is 0 Å². The Bertz CT molecular complexity index is 157. The summed E-state index contributed by atoms with van der Waals surface area (Å²) in [6.45, 7) is 10.1. The summed E-state index contributed by atoms with van der Waals surface area (Å²) in [5, 5.41) is 12.1. The molecule has 2 N–H and O–H groups in total. The van der Waals surface area contributed by atoms with Crippen LogP contribution >= 0.6 is 0 Å². The Morgan fingerprint density at radius 3 is 2.29 bits per heavy atom. The van der Waals surface area contributed by atoms with Crippen molar-refractivity contribution < 1.29 is 5.11 Å². The molecule has 3 heteroatoms. The highest BCUT2D eigenvalue weighted by atomic mass is 16.3. The molecule has 0 atom stereocenters. The van der Waals surface area contributed by atoms with E-state index in [1.807, 2.05) is 0 Å². The lowest BCUT2D eigenvalue weighted by atomic mass is 9.98. The van der Waals surface area contributed by atoms with Crippen LogP contribution in [0.1, 0.15) is 33.6 Å². The molecule has 0 bridgehead atoms. The van der Waals surface area contributed by atoms with Gasteiger partial charge in [-0.2, -0.15) is 0 Å². The number of nitrogens with zero attached hydrogens (tertiary/aromatic N) is 1. The predicted molar refractivity (Wildman–Crippen MR) is 59.4 cm³/mol. The van der Waals surface area contributed by atoms with Crippen LogP contribution in [0.2, 0.25) is 0 Å². The zero-order chi connectivity index (χ0) is 10.6. The van der Waals surface area contributed by atoms with Crippen LogP contribution in [0.3, 0.4) is 0 Å². The van der Waals surface area contributed by atoms with Gasteiger partial charge in [-0.25, -0.2) is 0 Å². The van der Waals surface area contributed by atoms with E-state index in [1.54, 1.807) is 0 Å². The second kappa shape index (κ2) is 5.10. The third-order valence-electron chi connectivity index (χ3n) is 2.99. The van der Waals surface area contributed by atoms with Crippen molar-refractivity contribution >= 4 is 0 Å². The van der Waals surface area contributed by atoms with E-state index in [4.69, 9.17) is 5.11 Å². The summed E-state index contributed by atoms with van der Waals surface area (Å²) in [5.74, 6) is 0. The quantitative estimate of drug-likeness (QED) is 0.708. The van der Waals surface area contributed by atoms with Gasteiger partial charge in [0.1, 0.15) is 0 Å². The summed E-state index contributed by atoms with van der Waals surface area (Å²) in [6.07, 6.45) is 2.41. The van der Waals surface area contributed by atoms with Crippen molar-refractivity contribution in [2.45, 2.75) is 45.2 Å². The largest absolute Gasteiger partial charge is 0.395 e. The lowest BCUT2D eigenvalue weighted by Gasteiger charge is -2.41. The number of rotatable bonds is 3. The number of aliphatic hydroxyl groups excluding tert-OH is 1. The van der Waals surface area contributed by atoms with Gasteiger partial charge in [-0.3, -0.25) is 4.90 Å². The van der Waals surface area contributed by atoms with E-state index in [9.17, 15) is 0 Å². The zero-order valence-corrected chi connectivity index (χ0v) is 9.71. The molecular weight excluding hydrogens is 176 g/mol. The normalized spacial score (nSPS) is 21.4. The highest BCUT2D eigenvalue weighted by Crippen LogP contribution is 2.19. The first kappa shape index (κ1) is 12.0. The van der Waals surface area contributed by atoms with E-state index in [2.05, 4.69) is 31.0 Å². The molecule has 0 saturated carbocycles. The molecule has 3 nitrogen and oxygen atoms in total. The maximum Gasteiger partial charge on any atom is 0.0556 e. The predicted octanol–water partition coefficient (Wildman–Crippen LogP) is 0.831. The molecule has 14 heavy (non-hydrogen) atoms. The number of hydrogen-bond donors (Lipinski definition) is 2. The first-order valence-electron chi connectivity index (χ1n) is 5.63. The van der Waals surface area contributed by atoms with E-state index in [0.29, 0.717) is 11.6 Å². The van der Waals surface area contributed by atoms with Crippen molar-refractivity contribution in [2.75, 3.05) is 26.2 Å². The third-order valence-corrected chi connectivity index (χ3v) is 2.99. The van der Waals surface area contributed by atoms with Gasteiger partial charge in [-0.1, -0.05) is 0 Å². The molecule has 1 heterocycles. The van der Waals surface area contributed by atoms with Gasteiger partial charge in [-0.15, -0.1) is 0 Å². The third kappa shape index (κ3) is 3.56. The molecule has 0 spiro atoms. The van der Waals surface area contributed by atoms with E-state index in [-0.39, 0.29) is 6.61 Å². The molecule has 1 aliphatic heterocycles. The van der Waals surface area contributed by atoms with Crippen LogP contribution in [0.25, 0.3) is 0 Å². The fourth-order valence-corrected chi connectivity index (χ4v) is 2.02. The number of aliphatic hydroxyl groups is 1. The Morgan fingerprint density at radius 2 is 1.86 bits per heavy atom. The Morgan fingerprint density at radius 1 is 1.29 bits per heavy atom. The monoisotopic (exact) mass is 200 g/mol. The van der Waals surface area contributed by atoms with Crippen molar-refractivity contribution in [3.8, 4) is 0 Å². The van der Waals surface area contributed by atoms with Gasteiger partial charge in [0.15, 0.2) is 0 Å². The van der Waals surface area contributed by atoms with E-state index >= 15 is 0 Å². The molecule has 1 aliphatic rings. The standard InChI is InChI=1S/C11H24N2O/c1-11(2,3)13-7-4-10(5-8-13)12-6-9-14/h10,12,14H,4-9H2,1-3H3. The smallest absolute Gasteiger partial charge is 0.0556 e. The molecule has 84 valence electrons. The summed E-state index contributed by atoms with van der Waals surface area (Å²) < 4.78 is 0. The Balaban J connectivity index is 2.24. The average molecular weight is 200 g/mol. The summed E-state index contributed by atoms with van der Waals surface area (Å²) in [5.41, 5.74) is 0.307. The minimum absolute atomic E-state index is 0.249. The molecule has 0 aromatic rings.